The number of carbonyl (C=O) groups is 1. The predicted molar refractivity (Wildman–Crippen MR) is 71.8 cm³/mol. The van der Waals surface area contributed by atoms with Crippen LogP contribution in [0.15, 0.2) is 23.1 Å². The highest BCUT2D eigenvalue weighted by Crippen LogP contribution is 2.16. The Kier molecular flexibility index (Phi) is 3.86. The van der Waals surface area contributed by atoms with Crippen LogP contribution < -0.4 is 11.1 Å². The second kappa shape index (κ2) is 5.39. The fraction of sp³-hybridized carbons (Fsp3) is 0.417. The van der Waals surface area contributed by atoms with Gasteiger partial charge in [0.1, 0.15) is 0 Å². The summed E-state index contributed by atoms with van der Waals surface area (Å²) < 4.78 is 12.2. The number of hydrogen-bond acceptors (Lipinski definition) is 3. The Balaban J connectivity index is 1.97. The van der Waals surface area contributed by atoms with E-state index in [0.29, 0.717) is 31.1 Å². The van der Waals surface area contributed by atoms with Crippen LogP contribution in [0.25, 0.3) is 0 Å². The van der Waals surface area contributed by atoms with Crippen molar-refractivity contribution < 1.29 is 9.00 Å². The first-order chi connectivity index (χ1) is 8.58. The Morgan fingerprint density at radius 2 is 2.28 bits per heavy atom. The molecule has 0 saturated carbocycles. The quantitative estimate of drug-likeness (QED) is 0.789. The molecule has 1 atom stereocenters. The summed E-state index contributed by atoms with van der Waals surface area (Å²) >= 11 is 0. The number of amides is 2. The number of aryl methyl sites for hydroxylation is 1. The van der Waals surface area contributed by atoms with E-state index in [0.717, 1.165) is 10.5 Å². The lowest BCUT2D eigenvalue weighted by molar-refractivity contribution is 0.220. The summed E-state index contributed by atoms with van der Waals surface area (Å²) in [7, 11) is -1.09. The van der Waals surface area contributed by atoms with Crippen LogP contribution in [0.2, 0.25) is 0 Å². The van der Waals surface area contributed by atoms with Crippen LogP contribution in [0.4, 0.5) is 10.5 Å². The van der Waals surface area contributed by atoms with Gasteiger partial charge in [0.2, 0.25) is 0 Å². The fourth-order valence-corrected chi connectivity index (χ4v) is 3.20. The maximum Gasteiger partial charge on any atom is 0.317 e. The van der Waals surface area contributed by atoms with Gasteiger partial charge < -0.3 is 16.0 Å². The molecule has 5 nitrogen and oxygen atoms in total. The van der Waals surface area contributed by atoms with Crippen molar-refractivity contribution in [3.63, 3.8) is 0 Å². The van der Waals surface area contributed by atoms with E-state index in [1.807, 2.05) is 13.0 Å². The van der Waals surface area contributed by atoms with Gasteiger partial charge >= 0.3 is 6.03 Å². The molecule has 1 saturated heterocycles. The number of nitrogens with two attached hydrogens (primary N) is 1. The summed E-state index contributed by atoms with van der Waals surface area (Å²) in [6, 6.07) is 5.30. The van der Waals surface area contributed by atoms with Crippen LogP contribution in [-0.4, -0.2) is 40.5 Å². The van der Waals surface area contributed by atoms with Gasteiger partial charge in [-0.2, -0.15) is 0 Å². The maximum absolute atomic E-state index is 12.2. The molecule has 1 aliphatic heterocycles. The van der Waals surface area contributed by atoms with Crippen molar-refractivity contribution in [2.45, 2.75) is 11.8 Å². The molecule has 0 spiro atoms. The molecule has 1 aromatic rings. The highest BCUT2D eigenvalue weighted by Gasteiger charge is 2.20. The van der Waals surface area contributed by atoms with Crippen LogP contribution in [-0.2, 0) is 10.8 Å². The monoisotopic (exact) mass is 267 g/mol. The lowest BCUT2D eigenvalue weighted by Crippen LogP contribution is -2.31. The number of anilines is 1. The lowest BCUT2D eigenvalue weighted by atomic mass is 10.2. The van der Waals surface area contributed by atoms with Gasteiger partial charge in [0.05, 0.1) is 10.8 Å². The van der Waals surface area contributed by atoms with Gasteiger partial charge in [0, 0.05) is 36.0 Å². The first-order valence-corrected chi connectivity index (χ1v) is 7.17. The molecule has 1 fully saturated rings. The van der Waals surface area contributed by atoms with E-state index in [4.69, 9.17) is 5.73 Å². The maximum atomic E-state index is 12.2. The number of benzene rings is 1. The minimum absolute atomic E-state index is 0.0685. The number of nitrogens with one attached hydrogen (secondary N) is 1. The number of urea groups is 1. The summed E-state index contributed by atoms with van der Waals surface area (Å²) in [5.41, 5.74) is 7.26. The van der Waals surface area contributed by atoms with Gasteiger partial charge in [0.25, 0.3) is 0 Å². The van der Waals surface area contributed by atoms with Gasteiger partial charge in [-0.05, 0) is 30.7 Å². The summed E-state index contributed by atoms with van der Waals surface area (Å²) in [6.07, 6.45) is 0. The number of carbonyl (C=O) groups excluding carboxylic acids is 1. The highest BCUT2D eigenvalue weighted by molar-refractivity contribution is 7.85. The minimum Gasteiger partial charge on any atom is -0.399 e. The van der Waals surface area contributed by atoms with Crippen molar-refractivity contribution in [3.8, 4) is 0 Å². The summed E-state index contributed by atoms with van der Waals surface area (Å²) in [4.78, 5) is 13.8. The summed E-state index contributed by atoms with van der Waals surface area (Å²) in [5.74, 6) is 0.457. The smallest absolute Gasteiger partial charge is 0.317 e. The van der Waals surface area contributed by atoms with Crippen LogP contribution >= 0.6 is 0 Å². The average molecular weight is 267 g/mol. The molecule has 1 unspecified atom stereocenters. The third-order valence-corrected chi connectivity index (χ3v) is 4.44. The molecule has 0 aliphatic carbocycles. The Labute approximate surface area is 109 Å². The number of rotatable bonds is 4. The Morgan fingerprint density at radius 3 is 2.89 bits per heavy atom. The van der Waals surface area contributed by atoms with Crippen LogP contribution in [0, 0.1) is 6.92 Å². The molecule has 2 amide bonds. The molecule has 1 heterocycles. The van der Waals surface area contributed by atoms with Gasteiger partial charge in [-0.25, -0.2) is 4.79 Å². The molecule has 0 aromatic heterocycles. The van der Waals surface area contributed by atoms with E-state index in [-0.39, 0.29) is 6.03 Å². The third kappa shape index (κ3) is 2.81. The number of hydrogen-bond donors (Lipinski definition) is 2. The minimum atomic E-state index is -1.09. The Morgan fingerprint density at radius 1 is 1.50 bits per heavy atom. The molecule has 18 heavy (non-hydrogen) atoms. The van der Waals surface area contributed by atoms with Crippen molar-refractivity contribution in [3.05, 3.63) is 23.8 Å². The zero-order valence-electron chi connectivity index (χ0n) is 10.3. The van der Waals surface area contributed by atoms with Crippen molar-refractivity contribution in [2.75, 3.05) is 31.1 Å². The van der Waals surface area contributed by atoms with Crippen molar-refractivity contribution in [1.82, 2.24) is 10.2 Å². The van der Waals surface area contributed by atoms with Gasteiger partial charge in [-0.3, -0.25) is 4.21 Å². The molecule has 1 aromatic carbocycles. The number of nitrogen functional groups attached to an aromatic ring is 1. The van der Waals surface area contributed by atoms with Gasteiger partial charge in [-0.15, -0.1) is 0 Å². The second-order valence-corrected chi connectivity index (χ2v) is 5.83. The Hall–Kier alpha value is -1.56. The van der Waals surface area contributed by atoms with Crippen LogP contribution in [0.3, 0.4) is 0 Å². The summed E-state index contributed by atoms with van der Waals surface area (Å²) in [5, 5.41) is 2.72. The van der Waals surface area contributed by atoms with E-state index < -0.39 is 10.8 Å². The van der Waals surface area contributed by atoms with Gasteiger partial charge in [0.15, 0.2) is 0 Å². The molecule has 98 valence electrons. The van der Waals surface area contributed by atoms with E-state index >= 15 is 0 Å². The van der Waals surface area contributed by atoms with Gasteiger partial charge in [-0.1, -0.05) is 0 Å². The molecule has 0 radical (unpaired) electrons. The molecule has 3 N–H and O–H groups in total. The molecular formula is C12H17N3O2S. The zero-order valence-corrected chi connectivity index (χ0v) is 11.1. The van der Waals surface area contributed by atoms with Crippen LogP contribution in [0.1, 0.15) is 5.56 Å². The predicted octanol–water partition coefficient (Wildman–Crippen LogP) is 0.710. The van der Waals surface area contributed by atoms with Crippen molar-refractivity contribution >= 4 is 22.5 Å². The normalized spacial score (nSPS) is 16.7. The van der Waals surface area contributed by atoms with E-state index in [1.165, 1.54) is 0 Å². The Bertz CT molecular complexity index is 490. The van der Waals surface area contributed by atoms with E-state index in [1.54, 1.807) is 17.0 Å². The molecule has 6 heteroatoms. The number of nitrogens with zero attached hydrogens (tertiary/aromatic N) is 1. The van der Waals surface area contributed by atoms with Crippen molar-refractivity contribution in [1.29, 1.82) is 0 Å². The fourth-order valence-electron chi connectivity index (χ4n) is 1.96. The SMILES string of the molecule is Cc1cc(N)ccc1S(=O)CCN1CCNC1=O. The molecule has 0 bridgehead atoms. The first-order valence-electron chi connectivity index (χ1n) is 5.85. The van der Waals surface area contributed by atoms with Crippen LogP contribution in [0.5, 0.6) is 0 Å². The topological polar surface area (TPSA) is 75.4 Å². The van der Waals surface area contributed by atoms with E-state index in [9.17, 15) is 9.00 Å². The summed E-state index contributed by atoms with van der Waals surface area (Å²) in [6.45, 7) is 3.78. The first kappa shape index (κ1) is 12.9. The third-order valence-electron chi connectivity index (χ3n) is 2.94. The average Bonchev–Trinajstić information content (AvgIpc) is 2.72. The van der Waals surface area contributed by atoms with E-state index in [2.05, 4.69) is 5.32 Å². The lowest BCUT2D eigenvalue weighted by Gasteiger charge is -2.14. The largest absolute Gasteiger partial charge is 0.399 e. The molecular weight excluding hydrogens is 250 g/mol. The van der Waals surface area contributed by atoms with Crippen molar-refractivity contribution in [2.24, 2.45) is 0 Å². The molecule has 2 rings (SSSR count). The standard InChI is InChI=1S/C12H17N3O2S/c1-9-8-10(13)2-3-11(9)18(17)7-6-15-5-4-14-12(15)16/h2-3,8H,4-7,13H2,1H3,(H,14,16). The zero-order chi connectivity index (χ0) is 13.1. The highest BCUT2D eigenvalue weighted by atomic mass is 32.2. The molecule has 1 aliphatic rings. The second-order valence-electron chi connectivity index (χ2n) is 4.29.